The fourth-order valence-corrected chi connectivity index (χ4v) is 1.09. The lowest BCUT2D eigenvalue weighted by Gasteiger charge is -2.03. The van der Waals surface area contributed by atoms with E-state index in [1.807, 2.05) is 6.92 Å². The molecule has 14 heavy (non-hydrogen) atoms. The second-order valence-corrected chi connectivity index (χ2v) is 4.56. The Labute approximate surface area is 84.7 Å². The van der Waals surface area contributed by atoms with E-state index in [4.69, 9.17) is 4.55 Å². The summed E-state index contributed by atoms with van der Waals surface area (Å²) in [7, 11) is -3.76. The van der Waals surface area contributed by atoms with E-state index in [-0.39, 0.29) is 0 Å². The van der Waals surface area contributed by atoms with Crippen LogP contribution in [-0.2, 0) is 14.9 Å². The standard InChI is InChI=1S/C5H12O3S.C3H5NO/c1-3-4-5(2)9(6,7)8;1-2-3(4)5/h5H,3-4H2,1-2H3,(H,6,7,8);2H,1H2,(H2,4,5). The summed E-state index contributed by atoms with van der Waals surface area (Å²) in [6, 6.07) is 0. The Balaban J connectivity index is 0. The van der Waals surface area contributed by atoms with E-state index in [1.54, 1.807) is 0 Å². The molecule has 0 bridgehead atoms. The van der Waals surface area contributed by atoms with E-state index < -0.39 is 21.3 Å². The van der Waals surface area contributed by atoms with Crippen LogP contribution in [-0.4, -0.2) is 24.1 Å². The monoisotopic (exact) mass is 223 g/mol. The first-order chi connectivity index (χ1) is 6.25. The van der Waals surface area contributed by atoms with Crippen molar-refractivity contribution >= 4 is 16.0 Å². The summed E-state index contributed by atoms with van der Waals surface area (Å²) in [6.07, 6.45) is 2.36. The molecular weight excluding hydrogens is 206 g/mol. The molecule has 3 N–H and O–H groups in total. The molecule has 6 heteroatoms. The Hall–Kier alpha value is -0.880. The maximum Gasteiger partial charge on any atom is 0.267 e. The molecule has 0 aromatic heterocycles. The number of nitrogens with two attached hydrogens (primary N) is 1. The molecule has 1 unspecified atom stereocenters. The van der Waals surface area contributed by atoms with E-state index in [0.29, 0.717) is 6.42 Å². The van der Waals surface area contributed by atoms with Gasteiger partial charge in [-0.2, -0.15) is 8.42 Å². The molecule has 0 radical (unpaired) electrons. The summed E-state index contributed by atoms with van der Waals surface area (Å²) >= 11 is 0. The van der Waals surface area contributed by atoms with Crippen molar-refractivity contribution in [2.75, 3.05) is 0 Å². The van der Waals surface area contributed by atoms with Crippen molar-refractivity contribution in [1.29, 1.82) is 0 Å². The summed E-state index contributed by atoms with van der Waals surface area (Å²) in [5.74, 6) is -0.481. The van der Waals surface area contributed by atoms with Crippen LogP contribution in [0.4, 0.5) is 0 Å². The van der Waals surface area contributed by atoms with Crippen LogP contribution in [0, 0.1) is 0 Å². The molecule has 0 rings (SSSR count). The topological polar surface area (TPSA) is 97.5 Å². The second-order valence-electron chi connectivity index (χ2n) is 2.72. The molecule has 0 heterocycles. The van der Waals surface area contributed by atoms with Crippen LogP contribution in [0.3, 0.4) is 0 Å². The van der Waals surface area contributed by atoms with Gasteiger partial charge in [0.25, 0.3) is 10.1 Å². The highest BCUT2D eigenvalue weighted by Crippen LogP contribution is 2.04. The molecule has 84 valence electrons. The predicted molar refractivity (Wildman–Crippen MR) is 55.3 cm³/mol. The zero-order chi connectivity index (χ0) is 11.8. The highest BCUT2D eigenvalue weighted by atomic mass is 32.2. The van der Waals surface area contributed by atoms with Crippen LogP contribution in [0.1, 0.15) is 26.7 Å². The van der Waals surface area contributed by atoms with Crippen LogP contribution in [0.25, 0.3) is 0 Å². The summed E-state index contributed by atoms with van der Waals surface area (Å²) in [4.78, 5) is 9.47. The van der Waals surface area contributed by atoms with Gasteiger partial charge in [0.2, 0.25) is 5.91 Å². The van der Waals surface area contributed by atoms with Crippen molar-refractivity contribution in [3.63, 3.8) is 0 Å². The van der Waals surface area contributed by atoms with Crippen molar-refractivity contribution in [3.05, 3.63) is 12.7 Å². The van der Waals surface area contributed by atoms with Gasteiger partial charge in [0.05, 0.1) is 5.25 Å². The molecule has 0 aliphatic rings. The first kappa shape index (κ1) is 15.6. The highest BCUT2D eigenvalue weighted by molar-refractivity contribution is 7.86. The van der Waals surface area contributed by atoms with Crippen molar-refractivity contribution in [2.24, 2.45) is 5.73 Å². The van der Waals surface area contributed by atoms with Gasteiger partial charge in [0.1, 0.15) is 0 Å². The molecule has 1 atom stereocenters. The van der Waals surface area contributed by atoms with Crippen LogP contribution >= 0.6 is 0 Å². The fourth-order valence-electron chi connectivity index (χ4n) is 0.555. The van der Waals surface area contributed by atoms with Gasteiger partial charge in [0, 0.05) is 0 Å². The number of amides is 1. The number of hydrogen-bond acceptors (Lipinski definition) is 3. The molecule has 0 aliphatic heterocycles. The molecule has 0 saturated carbocycles. The average molecular weight is 223 g/mol. The Morgan fingerprint density at radius 3 is 2.07 bits per heavy atom. The predicted octanol–water partition coefficient (Wildman–Crippen LogP) is 0.721. The van der Waals surface area contributed by atoms with Gasteiger partial charge in [-0.3, -0.25) is 9.35 Å². The number of carbonyl (C=O) groups is 1. The maximum absolute atomic E-state index is 10.3. The van der Waals surface area contributed by atoms with Crippen molar-refractivity contribution in [2.45, 2.75) is 31.9 Å². The summed E-state index contributed by atoms with van der Waals surface area (Å²) in [5, 5.41) is -0.609. The molecule has 1 amide bonds. The molecule has 0 spiro atoms. The lowest BCUT2D eigenvalue weighted by atomic mass is 10.3. The lowest BCUT2D eigenvalue weighted by Crippen LogP contribution is -2.15. The number of rotatable bonds is 4. The summed E-state index contributed by atoms with van der Waals surface area (Å²) in [6.45, 7) is 6.46. The first-order valence-electron chi connectivity index (χ1n) is 4.13. The van der Waals surface area contributed by atoms with Crippen LogP contribution in [0.2, 0.25) is 0 Å². The zero-order valence-electron chi connectivity index (χ0n) is 8.43. The molecule has 5 nitrogen and oxygen atoms in total. The Morgan fingerprint density at radius 1 is 1.64 bits per heavy atom. The van der Waals surface area contributed by atoms with E-state index in [0.717, 1.165) is 12.5 Å². The van der Waals surface area contributed by atoms with Gasteiger partial charge in [-0.15, -0.1) is 0 Å². The molecule has 0 aliphatic carbocycles. The normalized spacial score (nSPS) is 12.2. The van der Waals surface area contributed by atoms with Gasteiger partial charge in [-0.05, 0) is 19.4 Å². The van der Waals surface area contributed by atoms with E-state index >= 15 is 0 Å². The van der Waals surface area contributed by atoms with Gasteiger partial charge in [0.15, 0.2) is 0 Å². The molecular formula is C8H17NO4S. The fraction of sp³-hybridized carbons (Fsp3) is 0.625. The Kier molecular flexibility index (Phi) is 8.37. The van der Waals surface area contributed by atoms with Crippen molar-refractivity contribution in [1.82, 2.24) is 0 Å². The van der Waals surface area contributed by atoms with Crippen LogP contribution in [0.15, 0.2) is 12.7 Å². The van der Waals surface area contributed by atoms with Crippen LogP contribution < -0.4 is 5.73 Å². The third-order valence-electron chi connectivity index (χ3n) is 1.40. The minimum Gasteiger partial charge on any atom is -0.366 e. The third kappa shape index (κ3) is 11.1. The van der Waals surface area contributed by atoms with Gasteiger partial charge in [-0.1, -0.05) is 19.9 Å². The molecule has 0 aromatic rings. The molecule has 0 aromatic carbocycles. The summed E-state index contributed by atoms with van der Waals surface area (Å²) in [5.41, 5.74) is 4.53. The second kappa shape index (κ2) is 7.52. The number of carbonyl (C=O) groups excluding carboxylic acids is 1. The minimum absolute atomic E-state index is 0.481. The van der Waals surface area contributed by atoms with Crippen molar-refractivity contribution in [3.8, 4) is 0 Å². The van der Waals surface area contributed by atoms with Gasteiger partial charge >= 0.3 is 0 Å². The molecule has 0 saturated heterocycles. The van der Waals surface area contributed by atoms with E-state index in [1.165, 1.54) is 6.92 Å². The van der Waals surface area contributed by atoms with E-state index in [9.17, 15) is 13.2 Å². The van der Waals surface area contributed by atoms with Gasteiger partial charge < -0.3 is 5.73 Å². The maximum atomic E-state index is 10.3. The Bertz CT molecular complexity index is 271. The van der Waals surface area contributed by atoms with Crippen LogP contribution in [0.5, 0.6) is 0 Å². The smallest absolute Gasteiger partial charge is 0.267 e. The van der Waals surface area contributed by atoms with E-state index in [2.05, 4.69) is 12.3 Å². The quantitative estimate of drug-likeness (QED) is 0.542. The molecule has 0 fully saturated rings. The number of primary amides is 1. The zero-order valence-corrected chi connectivity index (χ0v) is 9.25. The largest absolute Gasteiger partial charge is 0.366 e. The third-order valence-corrected chi connectivity index (χ3v) is 2.66. The minimum atomic E-state index is -3.76. The average Bonchev–Trinajstić information content (AvgIpc) is 2.04. The number of hydrogen-bond donors (Lipinski definition) is 2. The lowest BCUT2D eigenvalue weighted by molar-refractivity contribution is -0.113. The Morgan fingerprint density at radius 2 is 2.00 bits per heavy atom. The summed E-state index contributed by atoms with van der Waals surface area (Å²) < 4.78 is 28.9. The SMILES string of the molecule is C=CC(N)=O.CCCC(C)S(=O)(=O)O. The highest BCUT2D eigenvalue weighted by Gasteiger charge is 2.14. The first-order valence-corrected chi connectivity index (χ1v) is 5.64. The van der Waals surface area contributed by atoms with Crippen molar-refractivity contribution < 1.29 is 17.8 Å². The van der Waals surface area contributed by atoms with Gasteiger partial charge in [-0.25, -0.2) is 0 Å².